The number of thiazole rings is 1. The number of rotatable bonds is 10. The number of carbonyl (C=O) groups excluding carboxylic acids is 1. The van der Waals surface area contributed by atoms with Gasteiger partial charge >= 0.3 is 11.9 Å². The van der Waals surface area contributed by atoms with Crippen LogP contribution in [0.15, 0.2) is 46.0 Å². The highest BCUT2D eigenvalue weighted by atomic mass is 32.1. The Kier molecular flexibility index (Phi) is 8.87. The Bertz CT molecular complexity index is 1530. The molecular weight excluding hydrogens is 615 g/mol. The molecule has 3 N–H and O–H groups in total. The fraction of sp³-hybridized carbons (Fsp3) is 0.533. The van der Waals surface area contributed by atoms with E-state index < -0.39 is 65.9 Å². The number of aliphatic hydroxyl groups is 1. The van der Waals surface area contributed by atoms with Gasteiger partial charge < -0.3 is 20.3 Å². The number of nitrogens with zero attached hydrogens (tertiary/aromatic N) is 4. The van der Waals surface area contributed by atoms with Crippen molar-refractivity contribution >= 4 is 29.1 Å². The molecule has 0 radical (unpaired) electrons. The number of halogens is 3. The summed E-state index contributed by atoms with van der Waals surface area (Å²) in [5, 5.41) is 27.0. The van der Waals surface area contributed by atoms with Gasteiger partial charge in [0, 0.05) is 23.8 Å². The molecule has 3 aliphatic heterocycles. The number of ether oxygens (including phenoxy) is 1. The molecule has 11 nitrogen and oxygen atoms in total. The fourth-order valence-corrected chi connectivity index (χ4v) is 6.42. The van der Waals surface area contributed by atoms with Crippen molar-refractivity contribution in [3.05, 3.63) is 63.0 Å². The molecular formula is C30H36F3N5O6S. The minimum absolute atomic E-state index is 0.0371. The maximum atomic E-state index is 15.7. The van der Waals surface area contributed by atoms with E-state index in [2.05, 4.69) is 10.3 Å². The van der Waals surface area contributed by atoms with E-state index in [-0.39, 0.29) is 36.6 Å². The minimum Gasteiger partial charge on any atom is -0.481 e. The van der Waals surface area contributed by atoms with Crippen LogP contribution < -0.4 is 5.32 Å². The highest BCUT2D eigenvalue weighted by Crippen LogP contribution is 2.43. The van der Waals surface area contributed by atoms with E-state index in [4.69, 9.17) is 14.6 Å². The number of carboxylic acids is 1. The lowest BCUT2D eigenvalue weighted by Crippen LogP contribution is -2.57. The third-order valence-electron chi connectivity index (χ3n) is 8.97. The van der Waals surface area contributed by atoms with Crippen molar-refractivity contribution in [2.24, 2.45) is 10.4 Å². The number of hydroxylamine groups is 2. The van der Waals surface area contributed by atoms with Gasteiger partial charge in [0.2, 0.25) is 0 Å². The molecule has 2 fully saturated rings. The van der Waals surface area contributed by atoms with Crippen molar-refractivity contribution in [3.8, 4) is 0 Å². The summed E-state index contributed by atoms with van der Waals surface area (Å²) in [6, 6.07) is 1.07. The SMILES string of the molecule is CCOC(=O)C1=C(CN2CC(F)(F)[C@H]3[C@@H]2CON3C[C@@](C)(O)C(C)(C)C(=O)O)NC(c2nccs2)=N[C@H]1c1cccc(F)c1C. The van der Waals surface area contributed by atoms with Gasteiger partial charge in [-0.1, -0.05) is 12.1 Å². The maximum Gasteiger partial charge on any atom is 0.338 e. The number of hydrogen-bond acceptors (Lipinski definition) is 11. The molecule has 45 heavy (non-hydrogen) atoms. The molecule has 1 aromatic heterocycles. The lowest BCUT2D eigenvalue weighted by molar-refractivity contribution is -0.221. The standard InChI is InChI=1S/C30H36F3N5O6S/c1-6-43-26(39)21-19(35-24(25-34-10-11-45-25)36-22(21)17-8-7-9-18(31)16(17)2)12-37-15-30(32,33)23-20(37)13-44-38(23)14-29(5,42)28(3,4)27(40)41/h7-11,20,22-23,42H,6,12-15H2,1-5H3,(H,35,36)(H,40,41)/t20-,22-,23+,29+/m0/s1. The number of amidine groups is 1. The Hall–Kier alpha value is -3.37. The number of β-amino-alcohol motifs (C(OH)–C–C–N with tert-alkyl or cyclic N) is 1. The highest BCUT2D eigenvalue weighted by molar-refractivity contribution is 7.11. The van der Waals surface area contributed by atoms with Gasteiger partial charge in [0.1, 0.15) is 17.9 Å². The molecule has 0 bridgehead atoms. The Morgan fingerprint density at radius 1 is 1.29 bits per heavy atom. The number of benzene rings is 1. The largest absolute Gasteiger partial charge is 0.481 e. The van der Waals surface area contributed by atoms with E-state index in [9.17, 15) is 24.2 Å². The van der Waals surface area contributed by atoms with Crippen molar-refractivity contribution in [1.82, 2.24) is 20.3 Å². The number of carboxylic acid groups (broad SMARTS) is 1. The molecule has 3 aliphatic rings. The zero-order chi connectivity index (χ0) is 32.9. The van der Waals surface area contributed by atoms with Gasteiger partial charge in [-0.3, -0.25) is 19.5 Å². The number of fused-ring (bicyclic) bond motifs is 1. The highest BCUT2D eigenvalue weighted by Gasteiger charge is 2.62. The average Bonchev–Trinajstić information content (AvgIpc) is 3.69. The summed E-state index contributed by atoms with van der Waals surface area (Å²) in [6.07, 6.45) is 1.58. The first-order valence-electron chi connectivity index (χ1n) is 14.5. The van der Waals surface area contributed by atoms with Crippen LogP contribution in [0.25, 0.3) is 0 Å². The van der Waals surface area contributed by atoms with E-state index in [0.29, 0.717) is 16.4 Å². The molecule has 1 aromatic carbocycles. The second-order valence-corrected chi connectivity index (χ2v) is 13.1. The molecule has 0 unspecified atom stereocenters. The van der Waals surface area contributed by atoms with E-state index in [0.717, 1.165) is 5.06 Å². The first-order valence-corrected chi connectivity index (χ1v) is 15.3. The molecule has 0 aliphatic carbocycles. The molecule has 4 atom stereocenters. The maximum absolute atomic E-state index is 15.7. The van der Waals surface area contributed by atoms with Crippen molar-refractivity contribution in [2.45, 2.75) is 64.3 Å². The normalized spacial score (nSPS) is 25.0. The number of aromatic nitrogens is 1. The van der Waals surface area contributed by atoms with Crippen molar-refractivity contribution in [1.29, 1.82) is 0 Å². The Balaban J connectivity index is 1.52. The summed E-state index contributed by atoms with van der Waals surface area (Å²) in [4.78, 5) is 41.5. The Labute approximate surface area is 262 Å². The molecule has 0 amide bonds. The van der Waals surface area contributed by atoms with Gasteiger partial charge in [0.05, 0.1) is 48.9 Å². The Morgan fingerprint density at radius 2 is 2.02 bits per heavy atom. The van der Waals surface area contributed by atoms with Crippen molar-refractivity contribution < 1.29 is 42.5 Å². The first kappa shape index (κ1) is 33.0. The van der Waals surface area contributed by atoms with E-state index in [1.807, 2.05) is 0 Å². The number of alkyl halides is 2. The van der Waals surface area contributed by atoms with Gasteiger partial charge in [-0.2, -0.15) is 5.06 Å². The number of carbonyl (C=O) groups is 2. The molecule has 15 heteroatoms. The average molecular weight is 652 g/mol. The number of esters is 1. The predicted molar refractivity (Wildman–Crippen MR) is 158 cm³/mol. The predicted octanol–water partition coefficient (Wildman–Crippen LogP) is 3.30. The number of hydrogen-bond donors (Lipinski definition) is 3. The number of likely N-dealkylation sites (tertiary alicyclic amines) is 1. The molecule has 4 heterocycles. The molecule has 2 saturated heterocycles. The van der Waals surface area contributed by atoms with Crippen molar-refractivity contribution in [3.63, 3.8) is 0 Å². The van der Waals surface area contributed by atoms with Gasteiger partial charge in [0.25, 0.3) is 5.92 Å². The zero-order valence-corrected chi connectivity index (χ0v) is 26.3. The van der Waals surface area contributed by atoms with Crippen molar-refractivity contribution in [2.75, 3.05) is 32.8 Å². The quantitative estimate of drug-likeness (QED) is 0.329. The summed E-state index contributed by atoms with van der Waals surface area (Å²) in [7, 11) is 0. The second-order valence-electron chi connectivity index (χ2n) is 12.2. The van der Waals surface area contributed by atoms with Gasteiger partial charge in [-0.15, -0.1) is 11.3 Å². The van der Waals surface area contributed by atoms with Gasteiger partial charge in [-0.05, 0) is 51.8 Å². The fourth-order valence-electron chi connectivity index (χ4n) is 5.83. The summed E-state index contributed by atoms with van der Waals surface area (Å²) in [6.45, 7) is 5.64. The Morgan fingerprint density at radius 3 is 2.67 bits per heavy atom. The molecule has 244 valence electrons. The molecule has 2 aromatic rings. The summed E-state index contributed by atoms with van der Waals surface area (Å²) < 4.78 is 51.6. The van der Waals surface area contributed by atoms with Crippen LogP contribution in [0.2, 0.25) is 0 Å². The van der Waals surface area contributed by atoms with E-state index in [1.165, 1.54) is 49.1 Å². The van der Waals surface area contributed by atoms with Gasteiger partial charge in [0.15, 0.2) is 10.8 Å². The number of aliphatic carboxylic acids is 1. The van der Waals surface area contributed by atoms with Crippen LogP contribution in [0.1, 0.15) is 49.9 Å². The first-order chi connectivity index (χ1) is 21.1. The van der Waals surface area contributed by atoms with E-state index >= 15 is 8.78 Å². The van der Waals surface area contributed by atoms with Crippen LogP contribution in [-0.4, -0.2) is 99.4 Å². The number of aliphatic imine (C=N–C) groups is 1. The third kappa shape index (κ3) is 5.99. The molecule has 5 rings (SSSR count). The topological polar surface area (TPSA) is 137 Å². The lowest BCUT2D eigenvalue weighted by Gasteiger charge is -2.40. The minimum atomic E-state index is -3.32. The van der Waals surface area contributed by atoms with Crippen LogP contribution in [0.4, 0.5) is 13.2 Å². The van der Waals surface area contributed by atoms with Crippen LogP contribution in [0, 0.1) is 18.2 Å². The number of nitrogens with one attached hydrogen (secondary N) is 1. The smallest absolute Gasteiger partial charge is 0.338 e. The summed E-state index contributed by atoms with van der Waals surface area (Å²) in [5.74, 6) is -5.54. The lowest BCUT2D eigenvalue weighted by atomic mass is 9.75. The molecule has 0 spiro atoms. The van der Waals surface area contributed by atoms with Crippen LogP contribution in [0.5, 0.6) is 0 Å². The second kappa shape index (κ2) is 12.1. The summed E-state index contributed by atoms with van der Waals surface area (Å²) in [5.41, 5.74) is -2.60. The van der Waals surface area contributed by atoms with Crippen LogP contribution in [0.3, 0.4) is 0 Å². The molecule has 0 saturated carbocycles. The van der Waals surface area contributed by atoms with E-state index in [1.54, 1.807) is 31.5 Å². The zero-order valence-electron chi connectivity index (χ0n) is 25.5. The van der Waals surface area contributed by atoms with Crippen LogP contribution >= 0.6 is 11.3 Å². The third-order valence-corrected chi connectivity index (χ3v) is 9.75. The van der Waals surface area contributed by atoms with Crippen LogP contribution in [-0.2, 0) is 19.2 Å². The van der Waals surface area contributed by atoms with Gasteiger partial charge in [-0.25, -0.2) is 22.9 Å². The monoisotopic (exact) mass is 651 g/mol. The summed E-state index contributed by atoms with van der Waals surface area (Å²) >= 11 is 1.28.